The Morgan fingerprint density at radius 2 is 2.00 bits per heavy atom. The predicted molar refractivity (Wildman–Crippen MR) is 89.1 cm³/mol. The van der Waals surface area contributed by atoms with Crippen molar-refractivity contribution in [1.29, 1.82) is 0 Å². The van der Waals surface area contributed by atoms with Gasteiger partial charge in [-0.1, -0.05) is 33.1 Å². The zero-order valence-electron chi connectivity index (χ0n) is 13.2. The van der Waals surface area contributed by atoms with E-state index in [1.807, 2.05) is 18.2 Å². The van der Waals surface area contributed by atoms with Crippen molar-refractivity contribution >= 4 is 17.3 Å². The second kappa shape index (κ2) is 7.91. The Bertz CT molecular complexity index is 473. The van der Waals surface area contributed by atoms with Crippen LogP contribution >= 0.6 is 0 Å². The van der Waals surface area contributed by atoms with Gasteiger partial charge in [0, 0.05) is 25.2 Å². The third-order valence-electron chi connectivity index (χ3n) is 4.13. The van der Waals surface area contributed by atoms with Crippen molar-refractivity contribution in [2.75, 3.05) is 30.3 Å². The van der Waals surface area contributed by atoms with Gasteiger partial charge in [0.25, 0.3) is 5.91 Å². The molecule has 3 N–H and O–H groups in total. The maximum atomic E-state index is 12.3. The molecule has 4 nitrogen and oxygen atoms in total. The second-order valence-corrected chi connectivity index (χ2v) is 5.74. The SMILES string of the molecule is CCCCC(CC)CNC(=O)c1ccc2c(c1)NCCN2. The molecule has 1 aromatic carbocycles. The Kier molecular flexibility index (Phi) is 5.90. The molecule has 0 saturated heterocycles. The molecular formula is C17H27N3O. The van der Waals surface area contributed by atoms with Gasteiger partial charge in [0.15, 0.2) is 0 Å². The number of amides is 1. The molecule has 21 heavy (non-hydrogen) atoms. The summed E-state index contributed by atoms with van der Waals surface area (Å²) in [4.78, 5) is 12.3. The van der Waals surface area contributed by atoms with E-state index in [0.717, 1.165) is 43.0 Å². The monoisotopic (exact) mass is 289 g/mol. The number of benzene rings is 1. The lowest BCUT2D eigenvalue weighted by Crippen LogP contribution is -2.29. The highest BCUT2D eigenvalue weighted by Crippen LogP contribution is 2.25. The van der Waals surface area contributed by atoms with Crippen LogP contribution in [0.3, 0.4) is 0 Å². The third-order valence-corrected chi connectivity index (χ3v) is 4.13. The Balaban J connectivity index is 1.90. The van der Waals surface area contributed by atoms with Gasteiger partial charge in [-0.05, 0) is 30.5 Å². The molecule has 116 valence electrons. The number of nitrogens with one attached hydrogen (secondary N) is 3. The fraction of sp³-hybridized carbons (Fsp3) is 0.588. The largest absolute Gasteiger partial charge is 0.382 e. The first kappa shape index (κ1) is 15.7. The van der Waals surface area contributed by atoms with Crippen LogP contribution in [-0.4, -0.2) is 25.5 Å². The van der Waals surface area contributed by atoms with E-state index < -0.39 is 0 Å². The number of anilines is 2. The lowest BCUT2D eigenvalue weighted by atomic mass is 9.99. The maximum Gasteiger partial charge on any atom is 0.251 e. The molecule has 1 aliphatic heterocycles. The number of rotatable bonds is 7. The second-order valence-electron chi connectivity index (χ2n) is 5.74. The minimum absolute atomic E-state index is 0.0279. The summed E-state index contributed by atoms with van der Waals surface area (Å²) in [7, 11) is 0. The summed E-state index contributed by atoms with van der Waals surface area (Å²) in [6, 6.07) is 5.80. The molecule has 4 heteroatoms. The number of hydrogen-bond acceptors (Lipinski definition) is 3. The standard InChI is InChI=1S/C17H27N3O/c1-3-5-6-13(4-2)12-20-17(21)14-7-8-15-16(11-14)19-10-9-18-15/h7-8,11,13,18-19H,3-6,9-10,12H2,1-2H3,(H,20,21). The van der Waals surface area contributed by atoms with Crippen LogP contribution in [0.1, 0.15) is 49.9 Å². The summed E-state index contributed by atoms with van der Waals surface area (Å²) in [5.41, 5.74) is 2.83. The third kappa shape index (κ3) is 4.38. The van der Waals surface area contributed by atoms with E-state index >= 15 is 0 Å². The smallest absolute Gasteiger partial charge is 0.251 e. The highest BCUT2D eigenvalue weighted by atomic mass is 16.1. The molecule has 1 aromatic rings. The summed E-state index contributed by atoms with van der Waals surface area (Å²) in [6.07, 6.45) is 4.77. The molecule has 0 saturated carbocycles. The highest BCUT2D eigenvalue weighted by Gasteiger charge is 2.13. The van der Waals surface area contributed by atoms with E-state index in [-0.39, 0.29) is 5.91 Å². The van der Waals surface area contributed by atoms with Gasteiger partial charge >= 0.3 is 0 Å². The van der Waals surface area contributed by atoms with Crippen LogP contribution in [0.25, 0.3) is 0 Å². The number of unbranched alkanes of at least 4 members (excludes halogenated alkanes) is 1. The average Bonchev–Trinajstić information content (AvgIpc) is 2.54. The van der Waals surface area contributed by atoms with Gasteiger partial charge in [-0.3, -0.25) is 4.79 Å². The molecule has 1 heterocycles. The van der Waals surface area contributed by atoms with Crippen LogP contribution in [0.4, 0.5) is 11.4 Å². The molecule has 1 amide bonds. The van der Waals surface area contributed by atoms with Gasteiger partial charge in [-0.15, -0.1) is 0 Å². The zero-order valence-corrected chi connectivity index (χ0v) is 13.2. The first-order chi connectivity index (χ1) is 10.2. The lowest BCUT2D eigenvalue weighted by molar-refractivity contribution is 0.0946. The van der Waals surface area contributed by atoms with Gasteiger partial charge in [-0.2, -0.15) is 0 Å². The van der Waals surface area contributed by atoms with Crippen LogP contribution in [0.2, 0.25) is 0 Å². The summed E-state index contributed by atoms with van der Waals surface area (Å²) in [5.74, 6) is 0.617. The quantitative estimate of drug-likeness (QED) is 0.720. The first-order valence-corrected chi connectivity index (χ1v) is 8.14. The molecule has 0 bridgehead atoms. The van der Waals surface area contributed by atoms with Crippen molar-refractivity contribution in [3.63, 3.8) is 0 Å². The Morgan fingerprint density at radius 3 is 2.71 bits per heavy atom. The minimum Gasteiger partial charge on any atom is -0.382 e. The van der Waals surface area contributed by atoms with Crippen molar-refractivity contribution in [3.8, 4) is 0 Å². The average molecular weight is 289 g/mol. The van der Waals surface area contributed by atoms with Crippen LogP contribution in [-0.2, 0) is 0 Å². The molecule has 2 rings (SSSR count). The van der Waals surface area contributed by atoms with Gasteiger partial charge in [0.1, 0.15) is 0 Å². The van der Waals surface area contributed by atoms with Crippen LogP contribution < -0.4 is 16.0 Å². The van der Waals surface area contributed by atoms with E-state index in [1.54, 1.807) is 0 Å². The number of carbonyl (C=O) groups is 1. The summed E-state index contributed by atoms with van der Waals surface area (Å²) >= 11 is 0. The van der Waals surface area contributed by atoms with E-state index in [4.69, 9.17) is 0 Å². The van der Waals surface area contributed by atoms with Crippen LogP contribution in [0.5, 0.6) is 0 Å². The Labute approximate surface area is 127 Å². The van der Waals surface area contributed by atoms with Crippen molar-refractivity contribution in [3.05, 3.63) is 23.8 Å². The highest BCUT2D eigenvalue weighted by molar-refractivity contribution is 5.96. The van der Waals surface area contributed by atoms with E-state index in [2.05, 4.69) is 29.8 Å². The molecule has 0 spiro atoms. The summed E-state index contributed by atoms with van der Waals surface area (Å²) in [5, 5.41) is 9.71. The molecule has 0 aliphatic carbocycles. The number of fused-ring (bicyclic) bond motifs is 1. The van der Waals surface area contributed by atoms with E-state index in [9.17, 15) is 4.79 Å². The normalized spacial score (nSPS) is 14.6. The fourth-order valence-corrected chi connectivity index (χ4v) is 2.66. The molecule has 1 aliphatic rings. The van der Waals surface area contributed by atoms with Crippen molar-refractivity contribution < 1.29 is 4.79 Å². The van der Waals surface area contributed by atoms with E-state index in [0.29, 0.717) is 5.92 Å². The van der Waals surface area contributed by atoms with Crippen molar-refractivity contribution in [2.45, 2.75) is 39.5 Å². The molecule has 0 aromatic heterocycles. The van der Waals surface area contributed by atoms with Gasteiger partial charge < -0.3 is 16.0 Å². The molecule has 0 fully saturated rings. The molecule has 0 radical (unpaired) electrons. The van der Waals surface area contributed by atoms with Gasteiger partial charge in [0.05, 0.1) is 11.4 Å². The predicted octanol–water partition coefficient (Wildman–Crippen LogP) is 3.47. The number of hydrogen-bond donors (Lipinski definition) is 3. The molecular weight excluding hydrogens is 262 g/mol. The van der Waals surface area contributed by atoms with Gasteiger partial charge in [-0.25, -0.2) is 0 Å². The van der Waals surface area contributed by atoms with Crippen molar-refractivity contribution in [1.82, 2.24) is 5.32 Å². The summed E-state index contributed by atoms with van der Waals surface area (Å²) in [6.45, 7) is 7.00. The zero-order chi connectivity index (χ0) is 15.1. The van der Waals surface area contributed by atoms with Gasteiger partial charge in [0.2, 0.25) is 0 Å². The Hall–Kier alpha value is -1.71. The summed E-state index contributed by atoms with van der Waals surface area (Å²) < 4.78 is 0. The van der Waals surface area contributed by atoms with Crippen LogP contribution in [0.15, 0.2) is 18.2 Å². The topological polar surface area (TPSA) is 53.2 Å². The van der Waals surface area contributed by atoms with Crippen molar-refractivity contribution in [2.24, 2.45) is 5.92 Å². The van der Waals surface area contributed by atoms with E-state index in [1.165, 1.54) is 19.3 Å². The lowest BCUT2D eigenvalue weighted by Gasteiger charge is -2.20. The first-order valence-electron chi connectivity index (χ1n) is 8.14. The molecule has 1 atom stereocenters. The Morgan fingerprint density at radius 1 is 1.24 bits per heavy atom. The fourth-order valence-electron chi connectivity index (χ4n) is 2.66. The van der Waals surface area contributed by atoms with Crippen LogP contribution in [0, 0.1) is 5.92 Å². The minimum atomic E-state index is 0.0279. The number of carbonyl (C=O) groups excluding carboxylic acids is 1. The maximum absolute atomic E-state index is 12.3. The molecule has 1 unspecified atom stereocenters.